The van der Waals surface area contributed by atoms with Crippen LogP contribution in [0.15, 0.2) is 54.9 Å². The van der Waals surface area contributed by atoms with Crippen LogP contribution in [-0.4, -0.2) is 55.0 Å². The van der Waals surface area contributed by atoms with Crippen molar-refractivity contribution in [2.45, 2.75) is 44.1 Å². The van der Waals surface area contributed by atoms with Gasteiger partial charge < -0.3 is 10.6 Å². The molecule has 42 heavy (non-hydrogen) atoms. The van der Waals surface area contributed by atoms with Gasteiger partial charge in [-0.2, -0.15) is 4.31 Å². The first-order chi connectivity index (χ1) is 20.1. The molecule has 5 rings (SSSR count). The van der Waals surface area contributed by atoms with Crippen molar-refractivity contribution in [2.24, 2.45) is 5.92 Å². The van der Waals surface area contributed by atoms with Gasteiger partial charge in [-0.05, 0) is 67.0 Å². The first-order valence-corrected chi connectivity index (χ1v) is 15.5. The lowest BCUT2D eigenvalue weighted by Crippen LogP contribution is -2.54. The van der Waals surface area contributed by atoms with Gasteiger partial charge in [0.05, 0.1) is 23.8 Å². The molecule has 2 fully saturated rings. The molecule has 1 aliphatic heterocycles. The molecule has 1 unspecified atom stereocenters. The van der Waals surface area contributed by atoms with Crippen molar-refractivity contribution < 1.29 is 30.8 Å². The molecule has 1 amide bonds. The molecule has 2 atom stereocenters. The lowest BCUT2D eigenvalue weighted by molar-refractivity contribution is -0.116. The molecule has 1 aliphatic carbocycles. The monoisotopic (exact) mass is 604 g/mol. The highest BCUT2D eigenvalue weighted by Gasteiger charge is 2.36. The van der Waals surface area contributed by atoms with Gasteiger partial charge >= 0.3 is 0 Å². The molecular formula is C30H32F4N4O3S. The molecule has 0 radical (unpaired) electrons. The van der Waals surface area contributed by atoms with Gasteiger partial charge in [-0.25, -0.2) is 26.0 Å². The van der Waals surface area contributed by atoms with Crippen LogP contribution in [0.2, 0.25) is 0 Å². The smallest absolute Gasteiger partial charge is 0.225 e. The van der Waals surface area contributed by atoms with E-state index in [1.54, 1.807) is 0 Å². The van der Waals surface area contributed by atoms with Crippen molar-refractivity contribution in [1.29, 1.82) is 0 Å². The number of nitrogens with one attached hydrogen (secondary N) is 2. The van der Waals surface area contributed by atoms with E-state index in [2.05, 4.69) is 15.6 Å². The maximum atomic E-state index is 15.0. The SMILES string of the molecule is O=C(CC(c1ccc(F)cc1)c1cc(F)cc(F)c1)Nc1cncc(F)c1CC[C@H]1CNCCN1S(=O)(=O)CC1CC1. The van der Waals surface area contributed by atoms with Crippen LogP contribution in [0.5, 0.6) is 0 Å². The third-order valence-electron chi connectivity index (χ3n) is 7.75. The Bertz CT molecular complexity index is 1510. The Hall–Kier alpha value is -3.35. The standard InChI is InChI=1S/C30H32F4N4O3S/c31-22-5-3-20(4-6-22)27(21-11-23(32)13-24(33)12-21)14-30(39)37-29-17-36-16-28(34)26(29)8-7-25-15-35-9-10-38(25)42(40,41)18-19-1-2-19/h3-6,11-13,16-17,19,25,27,35H,1-2,7-10,14-15,18H2,(H,37,39)/t25-,27?/m0/s1. The van der Waals surface area contributed by atoms with Crippen LogP contribution in [0, 0.1) is 29.2 Å². The average molecular weight is 605 g/mol. The number of rotatable bonds is 11. The van der Waals surface area contributed by atoms with Gasteiger partial charge in [0.15, 0.2) is 0 Å². The minimum absolute atomic E-state index is 0.124. The number of hydrogen-bond acceptors (Lipinski definition) is 5. The average Bonchev–Trinajstić information content (AvgIpc) is 3.75. The van der Waals surface area contributed by atoms with Gasteiger partial charge in [-0.1, -0.05) is 12.1 Å². The van der Waals surface area contributed by atoms with Crippen LogP contribution in [0.4, 0.5) is 23.2 Å². The molecule has 2 N–H and O–H groups in total. The summed E-state index contributed by atoms with van der Waals surface area (Å²) in [5, 5.41) is 5.88. The second-order valence-electron chi connectivity index (χ2n) is 10.9. The lowest BCUT2D eigenvalue weighted by atomic mass is 9.88. The number of nitrogens with zero attached hydrogens (tertiary/aromatic N) is 2. The molecule has 3 aromatic rings. The Morgan fingerprint density at radius 3 is 2.40 bits per heavy atom. The number of pyridine rings is 1. The van der Waals surface area contributed by atoms with Crippen molar-refractivity contribution in [3.8, 4) is 0 Å². The fourth-order valence-corrected chi connectivity index (χ4v) is 7.58. The third-order valence-corrected chi connectivity index (χ3v) is 9.84. The molecule has 7 nitrogen and oxygen atoms in total. The van der Waals surface area contributed by atoms with E-state index in [0.29, 0.717) is 31.6 Å². The highest BCUT2D eigenvalue weighted by molar-refractivity contribution is 7.89. The van der Waals surface area contributed by atoms with Crippen LogP contribution in [0.1, 0.15) is 48.3 Å². The second kappa shape index (κ2) is 12.9. The zero-order valence-electron chi connectivity index (χ0n) is 22.8. The second-order valence-corrected chi connectivity index (χ2v) is 12.9. The summed E-state index contributed by atoms with van der Waals surface area (Å²) in [5.74, 6) is -3.86. The quantitative estimate of drug-likeness (QED) is 0.309. The summed E-state index contributed by atoms with van der Waals surface area (Å²) < 4.78 is 84.3. The fraction of sp³-hybridized carbons (Fsp3) is 0.400. The summed E-state index contributed by atoms with van der Waals surface area (Å²) in [6, 6.07) is 7.83. The molecule has 2 aromatic carbocycles. The summed E-state index contributed by atoms with van der Waals surface area (Å²) in [6.45, 7) is 1.31. The Morgan fingerprint density at radius 2 is 1.71 bits per heavy atom. The first kappa shape index (κ1) is 30.1. The summed E-state index contributed by atoms with van der Waals surface area (Å²) in [4.78, 5) is 17.1. The van der Waals surface area contributed by atoms with Crippen molar-refractivity contribution >= 4 is 21.6 Å². The molecule has 1 saturated carbocycles. The number of hydrogen-bond donors (Lipinski definition) is 2. The van der Waals surface area contributed by atoms with E-state index >= 15 is 4.39 Å². The highest BCUT2D eigenvalue weighted by atomic mass is 32.2. The zero-order chi connectivity index (χ0) is 29.9. The molecule has 12 heteroatoms. The summed E-state index contributed by atoms with van der Waals surface area (Å²) >= 11 is 0. The van der Waals surface area contributed by atoms with Gasteiger partial charge in [0.25, 0.3) is 0 Å². The van der Waals surface area contributed by atoms with E-state index in [4.69, 9.17) is 0 Å². The molecule has 2 aliphatic rings. The van der Waals surface area contributed by atoms with Crippen molar-refractivity contribution in [3.63, 3.8) is 0 Å². The maximum absolute atomic E-state index is 15.0. The van der Waals surface area contributed by atoms with E-state index in [-0.39, 0.29) is 47.4 Å². The van der Waals surface area contributed by atoms with Crippen molar-refractivity contribution in [1.82, 2.24) is 14.6 Å². The molecule has 224 valence electrons. The van der Waals surface area contributed by atoms with Gasteiger partial charge in [-0.3, -0.25) is 9.78 Å². The largest absolute Gasteiger partial charge is 0.324 e. The minimum atomic E-state index is -3.45. The van der Waals surface area contributed by atoms with Crippen LogP contribution in [-0.2, 0) is 21.2 Å². The number of piperazine rings is 1. The topological polar surface area (TPSA) is 91.4 Å². The predicted octanol–water partition coefficient (Wildman–Crippen LogP) is 4.74. The third kappa shape index (κ3) is 7.53. The molecule has 1 saturated heterocycles. The Kier molecular flexibility index (Phi) is 9.24. The van der Waals surface area contributed by atoms with E-state index < -0.39 is 45.1 Å². The van der Waals surface area contributed by atoms with Gasteiger partial charge in [0, 0.05) is 49.6 Å². The fourth-order valence-electron chi connectivity index (χ4n) is 5.45. The number of carbonyl (C=O) groups is 1. The van der Waals surface area contributed by atoms with Crippen LogP contribution < -0.4 is 10.6 Å². The van der Waals surface area contributed by atoms with Crippen molar-refractivity contribution in [3.05, 3.63) is 94.8 Å². The highest BCUT2D eigenvalue weighted by Crippen LogP contribution is 2.33. The molecule has 0 spiro atoms. The minimum Gasteiger partial charge on any atom is -0.324 e. The Balaban J connectivity index is 1.33. The Labute approximate surface area is 242 Å². The Morgan fingerprint density at radius 1 is 1.00 bits per heavy atom. The van der Waals surface area contributed by atoms with Crippen LogP contribution >= 0.6 is 0 Å². The number of anilines is 1. The van der Waals surface area contributed by atoms with Crippen molar-refractivity contribution in [2.75, 3.05) is 30.7 Å². The number of sulfonamides is 1. The van der Waals surface area contributed by atoms with Crippen LogP contribution in [0.3, 0.4) is 0 Å². The summed E-state index contributed by atoms with van der Waals surface area (Å²) in [7, 11) is -3.45. The predicted molar refractivity (Wildman–Crippen MR) is 150 cm³/mol. The van der Waals surface area contributed by atoms with E-state index in [9.17, 15) is 26.4 Å². The van der Waals surface area contributed by atoms with E-state index in [1.807, 2.05) is 0 Å². The number of halogens is 4. The maximum Gasteiger partial charge on any atom is 0.225 e. The van der Waals surface area contributed by atoms with Gasteiger partial charge in [0.2, 0.25) is 15.9 Å². The van der Waals surface area contributed by atoms with E-state index in [1.165, 1.54) is 34.8 Å². The number of carbonyl (C=O) groups excluding carboxylic acids is 1. The molecular weight excluding hydrogens is 572 g/mol. The first-order valence-electron chi connectivity index (χ1n) is 13.9. The van der Waals surface area contributed by atoms with Gasteiger partial charge in [-0.15, -0.1) is 0 Å². The number of amides is 1. The molecule has 0 bridgehead atoms. The molecule has 2 heterocycles. The normalized spacial score (nSPS) is 18.5. The zero-order valence-corrected chi connectivity index (χ0v) is 23.6. The molecule has 1 aromatic heterocycles. The van der Waals surface area contributed by atoms with Crippen LogP contribution in [0.25, 0.3) is 0 Å². The van der Waals surface area contributed by atoms with E-state index in [0.717, 1.165) is 37.2 Å². The summed E-state index contributed by atoms with van der Waals surface area (Å²) in [6.07, 6.45) is 4.36. The van der Waals surface area contributed by atoms with Gasteiger partial charge in [0.1, 0.15) is 23.3 Å². The lowest BCUT2D eigenvalue weighted by Gasteiger charge is -2.35. The summed E-state index contributed by atoms with van der Waals surface area (Å²) in [5.41, 5.74) is 0.952. The number of benzene rings is 2. The number of aromatic nitrogens is 1.